The average Bonchev–Trinajstić information content (AvgIpc) is 2.63. The summed E-state index contributed by atoms with van der Waals surface area (Å²) in [6, 6.07) is 16.0. The Kier molecular flexibility index (Phi) is 9.12. The van der Waals surface area contributed by atoms with Crippen LogP contribution < -0.4 is 14.8 Å². The van der Waals surface area contributed by atoms with E-state index in [0.29, 0.717) is 13.1 Å². The van der Waals surface area contributed by atoms with E-state index in [4.69, 9.17) is 9.47 Å². The molecule has 0 saturated carbocycles. The van der Waals surface area contributed by atoms with E-state index in [1.54, 1.807) is 21.3 Å². The number of guanidine groups is 1. The van der Waals surface area contributed by atoms with Gasteiger partial charge in [-0.1, -0.05) is 30.3 Å². The van der Waals surface area contributed by atoms with Crippen molar-refractivity contribution in [1.29, 1.82) is 0 Å². The minimum absolute atomic E-state index is 0. The van der Waals surface area contributed by atoms with Crippen molar-refractivity contribution >= 4 is 29.9 Å². The summed E-state index contributed by atoms with van der Waals surface area (Å²) >= 11 is 0. The molecule has 0 unspecified atom stereocenters. The van der Waals surface area contributed by atoms with Crippen molar-refractivity contribution in [2.75, 3.05) is 28.3 Å². The monoisotopic (exact) mass is 455 g/mol. The first kappa shape index (κ1) is 21.1. The standard InChI is InChI=1S/C19H25N3O2.HI/c1-20-19(21-13-15-9-11-17(23-3)12-10-15)22(2)14-16-7-5-6-8-18(16)24-4;/h5-12H,13-14H2,1-4H3,(H,20,21);1H. The van der Waals surface area contributed by atoms with Crippen LogP contribution in [0.1, 0.15) is 11.1 Å². The van der Waals surface area contributed by atoms with Gasteiger partial charge in [0.2, 0.25) is 0 Å². The second-order valence-corrected chi connectivity index (χ2v) is 5.42. The quantitative estimate of drug-likeness (QED) is 0.412. The van der Waals surface area contributed by atoms with Crippen LogP contribution in [0.4, 0.5) is 0 Å². The molecule has 0 spiro atoms. The highest BCUT2D eigenvalue weighted by Gasteiger charge is 2.09. The highest BCUT2D eigenvalue weighted by molar-refractivity contribution is 14.0. The van der Waals surface area contributed by atoms with E-state index in [1.165, 1.54) is 5.56 Å². The summed E-state index contributed by atoms with van der Waals surface area (Å²) in [6.45, 7) is 1.42. The van der Waals surface area contributed by atoms with Crippen molar-refractivity contribution in [1.82, 2.24) is 10.2 Å². The van der Waals surface area contributed by atoms with Gasteiger partial charge >= 0.3 is 0 Å². The number of aliphatic imine (C=N–C) groups is 1. The zero-order valence-electron chi connectivity index (χ0n) is 15.2. The van der Waals surface area contributed by atoms with Crippen molar-refractivity contribution in [3.63, 3.8) is 0 Å². The summed E-state index contributed by atoms with van der Waals surface area (Å²) in [5.74, 6) is 2.57. The summed E-state index contributed by atoms with van der Waals surface area (Å²) < 4.78 is 10.6. The van der Waals surface area contributed by atoms with Crippen LogP contribution in [0.15, 0.2) is 53.5 Å². The summed E-state index contributed by atoms with van der Waals surface area (Å²) in [7, 11) is 7.16. The minimum Gasteiger partial charge on any atom is -0.497 e. The lowest BCUT2D eigenvalue weighted by atomic mass is 10.2. The Balaban J connectivity index is 0.00000312. The Labute approximate surface area is 167 Å². The molecule has 0 aromatic heterocycles. The van der Waals surface area contributed by atoms with Gasteiger partial charge in [-0.15, -0.1) is 24.0 Å². The van der Waals surface area contributed by atoms with Crippen LogP contribution in [-0.4, -0.2) is 39.2 Å². The van der Waals surface area contributed by atoms with Crippen LogP contribution in [0.3, 0.4) is 0 Å². The maximum Gasteiger partial charge on any atom is 0.193 e. The fourth-order valence-electron chi connectivity index (χ4n) is 2.47. The van der Waals surface area contributed by atoms with Gasteiger partial charge in [-0.25, -0.2) is 0 Å². The van der Waals surface area contributed by atoms with E-state index in [9.17, 15) is 0 Å². The van der Waals surface area contributed by atoms with E-state index in [1.807, 2.05) is 49.5 Å². The summed E-state index contributed by atoms with van der Waals surface area (Å²) in [6.07, 6.45) is 0. The maximum atomic E-state index is 5.41. The van der Waals surface area contributed by atoms with Gasteiger partial charge in [-0.05, 0) is 23.8 Å². The number of ether oxygens (including phenoxy) is 2. The van der Waals surface area contributed by atoms with Crippen molar-refractivity contribution in [2.24, 2.45) is 4.99 Å². The number of para-hydroxylation sites is 1. The molecule has 25 heavy (non-hydrogen) atoms. The highest BCUT2D eigenvalue weighted by Crippen LogP contribution is 2.18. The molecule has 0 fully saturated rings. The highest BCUT2D eigenvalue weighted by atomic mass is 127. The molecule has 0 aliphatic rings. The van der Waals surface area contributed by atoms with Crippen molar-refractivity contribution in [3.8, 4) is 11.5 Å². The predicted molar refractivity (Wildman–Crippen MR) is 113 cm³/mol. The van der Waals surface area contributed by atoms with Crippen LogP contribution in [-0.2, 0) is 13.1 Å². The van der Waals surface area contributed by atoms with Crippen LogP contribution in [0, 0.1) is 0 Å². The zero-order valence-corrected chi connectivity index (χ0v) is 17.5. The van der Waals surface area contributed by atoms with Gasteiger partial charge in [0.25, 0.3) is 0 Å². The smallest absolute Gasteiger partial charge is 0.193 e. The van der Waals surface area contributed by atoms with E-state index in [0.717, 1.165) is 23.0 Å². The summed E-state index contributed by atoms with van der Waals surface area (Å²) in [5.41, 5.74) is 2.29. The number of hydrogen-bond donors (Lipinski definition) is 1. The Morgan fingerprint density at radius 1 is 1.04 bits per heavy atom. The lowest BCUT2D eigenvalue weighted by Crippen LogP contribution is -2.38. The fraction of sp³-hybridized carbons (Fsp3) is 0.316. The van der Waals surface area contributed by atoms with Gasteiger partial charge in [-0.3, -0.25) is 4.99 Å². The first-order chi connectivity index (χ1) is 11.7. The average molecular weight is 455 g/mol. The SMILES string of the molecule is CN=C(NCc1ccc(OC)cc1)N(C)Cc1ccccc1OC.I. The Morgan fingerprint density at radius 2 is 1.72 bits per heavy atom. The largest absolute Gasteiger partial charge is 0.497 e. The summed E-state index contributed by atoms with van der Waals surface area (Å²) in [4.78, 5) is 6.43. The second-order valence-electron chi connectivity index (χ2n) is 5.42. The van der Waals surface area contributed by atoms with Crippen molar-refractivity contribution in [2.45, 2.75) is 13.1 Å². The normalized spacial score (nSPS) is 10.6. The molecule has 0 aliphatic heterocycles. The Hall–Kier alpha value is -1.96. The second kappa shape index (κ2) is 10.8. The van der Waals surface area contributed by atoms with E-state index < -0.39 is 0 Å². The molecule has 5 nitrogen and oxygen atoms in total. The zero-order chi connectivity index (χ0) is 17.4. The van der Waals surface area contributed by atoms with Gasteiger partial charge in [0.1, 0.15) is 11.5 Å². The molecule has 0 saturated heterocycles. The van der Waals surface area contributed by atoms with Crippen molar-refractivity contribution < 1.29 is 9.47 Å². The number of nitrogens with zero attached hydrogens (tertiary/aromatic N) is 2. The number of rotatable bonds is 6. The van der Waals surface area contributed by atoms with Crippen molar-refractivity contribution in [3.05, 3.63) is 59.7 Å². The number of methoxy groups -OCH3 is 2. The molecular formula is C19H26IN3O2. The molecule has 136 valence electrons. The fourth-order valence-corrected chi connectivity index (χ4v) is 2.47. The Morgan fingerprint density at radius 3 is 2.32 bits per heavy atom. The third kappa shape index (κ3) is 6.12. The topological polar surface area (TPSA) is 46.1 Å². The van der Waals surface area contributed by atoms with E-state index >= 15 is 0 Å². The first-order valence-electron chi connectivity index (χ1n) is 7.84. The minimum atomic E-state index is 0. The number of benzene rings is 2. The lowest BCUT2D eigenvalue weighted by Gasteiger charge is -2.23. The first-order valence-corrected chi connectivity index (χ1v) is 7.84. The Bertz CT molecular complexity index is 675. The maximum absolute atomic E-state index is 5.41. The molecular weight excluding hydrogens is 429 g/mol. The molecule has 0 atom stereocenters. The number of nitrogens with one attached hydrogen (secondary N) is 1. The third-order valence-corrected chi connectivity index (χ3v) is 3.78. The van der Waals surface area contributed by atoms with E-state index in [-0.39, 0.29) is 24.0 Å². The molecule has 1 N–H and O–H groups in total. The van der Waals surface area contributed by atoms with Gasteiger partial charge in [-0.2, -0.15) is 0 Å². The van der Waals surface area contributed by atoms with Gasteiger partial charge in [0.15, 0.2) is 5.96 Å². The molecule has 0 radical (unpaired) electrons. The van der Waals surface area contributed by atoms with Gasteiger partial charge in [0, 0.05) is 32.7 Å². The third-order valence-electron chi connectivity index (χ3n) is 3.78. The molecule has 6 heteroatoms. The molecule has 0 amide bonds. The van der Waals surface area contributed by atoms with Crippen LogP contribution in [0.2, 0.25) is 0 Å². The van der Waals surface area contributed by atoms with Gasteiger partial charge in [0.05, 0.1) is 14.2 Å². The number of hydrogen-bond acceptors (Lipinski definition) is 3. The predicted octanol–water partition coefficient (Wildman–Crippen LogP) is 3.53. The van der Waals surface area contributed by atoms with Crippen LogP contribution in [0.5, 0.6) is 11.5 Å². The van der Waals surface area contributed by atoms with E-state index in [2.05, 4.69) is 21.3 Å². The summed E-state index contributed by atoms with van der Waals surface area (Å²) in [5, 5.41) is 3.37. The number of halogens is 1. The molecule has 2 aromatic rings. The van der Waals surface area contributed by atoms with Crippen LogP contribution in [0.25, 0.3) is 0 Å². The molecule has 0 heterocycles. The van der Waals surface area contributed by atoms with Gasteiger partial charge < -0.3 is 19.7 Å². The molecule has 0 aliphatic carbocycles. The molecule has 2 rings (SSSR count). The van der Waals surface area contributed by atoms with Crippen LogP contribution >= 0.6 is 24.0 Å². The molecule has 0 bridgehead atoms. The molecule has 2 aromatic carbocycles. The lowest BCUT2D eigenvalue weighted by molar-refractivity contribution is 0.396.